The van der Waals surface area contributed by atoms with Crippen molar-refractivity contribution in [3.63, 3.8) is 0 Å². The summed E-state index contributed by atoms with van der Waals surface area (Å²) < 4.78 is 2.36. The normalized spacial score (nSPS) is 10.8. The third kappa shape index (κ3) is 3.21. The lowest BCUT2D eigenvalue weighted by Crippen LogP contribution is -2.29. The first-order chi connectivity index (χ1) is 10.6. The summed E-state index contributed by atoms with van der Waals surface area (Å²) in [5, 5.41) is 4.11. The van der Waals surface area contributed by atoms with Crippen molar-refractivity contribution in [3.05, 3.63) is 69.5 Å². The van der Waals surface area contributed by atoms with E-state index in [1.807, 2.05) is 30.3 Å². The molecule has 22 heavy (non-hydrogen) atoms. The lowest BCUT2D eigenvalue weighted by atomic mass is 10.2. The Balaban J connectivity index is 1.67. The highest BCUT2D eigenvalue weighted by Gasteiger charge is 2.10. The second kappa shape index (κ2) is 6.34. The van der Waals surface area contributed by atoms with Gasteiger partial charge in [0.15, 0.2) is 0 Å². The van der Waals surface area contributed by atoms with Crippen LogP contribution in [0.15, 0.2) is 53.3 Å². The van der Waals surface area contributed by atoms with Gasteiger partial charge >= 0.3 is 0 Å². The van der Waals surface area contributed by atoms with Crippen molar-refractivity contribution in [2.24, 2.45) is 0 Å². The summed E-state index contributed by atoms with van der Waals surface area (Å²) in [5.41, 5.74) is 0.837. The summed E-state index contributed by atoms with van der Waals surface area (Å²) in [6.07, 6.45) is 0. The van der Waals surface area contributed by atoms with Crippen LogP contribution in [0.1, 0.15) is 5.56 Å². The average molecular weight is 333 g/mol. The van der Waals surface area contributed by atoms with Gasteiger partial charge in [0.05, 0.1) is 10.1 Å². The Kier molecular flexibility index (Phi) is 4.27. The highest BCUT2D eigenvalue weighted by molar-refractivity contribution is 7.13. The van der Waals surface area contributed by atoms with Crippen LogP contribution in [0.5, 0.6) is 0 Å². The molecular weight excluding hydrogens is 320 g/mol. The van der Waals surface area contributed by atoms with Crippen LogP contribution in [0.2, 0.25) is 5.02 Å². The van der Waals surface area contributed by atoms with Crippen molar-refractivity contribution in [2.75, 3.05) is 0 Å². The highest BCUT2D eigenvalue weighted by atomic mass is 35.5. The van der Waals surface area contributed by atoms with Gasteiger partial charge in [-0.05, 0) is 29.8 Å². The van der Waals surface area contributed by atoms with Crippen molar-refractivity contribution in [1.29, 1.82) is 0 Å². The van der Waals surface area contributed by atoms with E-state index in [1.54, 1.807) is 18.2 Å². The van der Waals surface area contributed by atoms with E-state index in [2.05, 4.69) is 5.32 Å². The summed E-state index contributed by atoms with van der Waals surface area (Å²) in [6, 6.07) is 14.6. The molecule has 0 unspecified atom stereocenters. The second-order valence-electron chi connectivity index (χ2n) is 4.83. The van der Waals surface area contributed by atoms with Crippen LogP contribution in [0.25, 0.3) is 10.1 Å². The summed E-state index contributed by atoms with van der Waals surface area (Å²) in [6.45, 7) is 0.446. The standard InChI is InChI=1S/C16H13ClN2O2S/c17-12-7-5-11(6-8-12)9-18-15(20)10-19-16(21)13-3-1-2-4-14(13)22-19/h1-8H,9-10H2,(H,18,20). The molecule has 0 aliphatic heterocycles. The molecule has 4 nitrogen and oxygen atoms in total. The van der Waals surface area contributed by atoms with E-state index in [1.165, 1.54) is 15.5 Å². The van der Waals surface area contributed by atoms with Crippen LogP contribution in [0.4, 0.5) is 0 Å². The smallest absolute Gasteiger partial charge is 0.268 e. The molecule has 1 heterocycles. The lowest BCUT2D eigenvalue weighted by Gasteiger charge is -2.05. The number of fused-ring (bicyclic) bond motifs is 1. The minimum atomic E-state index is -0.191. The maximum absolute atomic E-state index is 12.2. The Morgan fingerprint density at radius 1 is 1.14 bits per heavy atom. The monoisotopic (exact) mass is 332 g/mol. The van der Waals surface area contributed by atoms with E-state index in [9.17, 15) is 9.59 Å². The summed E-state index contributed by atoms with van der Waals surface area (Å²) >= 11 is 7.12. The fraction of sp³-hybridized carbons (Fsp3) is 0.125. The molecule has 0 saturated carbocycles. The number of carbonyl (C=O) groups excluding carboxylic acids is 1. The number of nitrogens with one attached hydrogen (secondary N) is 1. The van der Waals surface area contributed by atoms with Crippen molar-refractivity contribution in [2.45, 2.75) is 13.1 Å². The van der Waals surface area contributed by atoms with Gasteiger partial charge in [-0.2, -0.15) is 0 Å². The van der Waals surface area contributed by atoms with Gasteiger partial charge in [-0.25, -0.2) is 0 Å². The molecule has 3 aromatic rings. The molecule has 3 rings (SSSR count). The van der Waals surface area contributed by atoms with Gasteiger partial charge in [0, 0.05) is 11.6 Å². The zero-order valence-corrected chi connectivity index (χ0v) is 13.2. The van der Waals surface area contributed by atoms with Crippen molar-refractivity contribution >= 4 is 39.1 Å². The molecule has 0 fully saturated rings. The fourth-order valence-electron chi connectivity index (χ4n) is 2.11. The first kappa shape index (κ1) is 14.8. The maximum atomic E-state index is 12.2. The van der Waals surface area contributed by atoms with E-state index in [4.69, 9.17) is 11.6 Å². The summed E-state index contributed by atoms with van der Waals surface area (Å²) in [4.78, 5) is 24.1. The Morgan fingerprint density at radius 2 is 1.86 bits per heavy atom. The van der Waals surface area contributed by atoms with E-state index >= 15 is 0 Å². The van der Waals surface area contributed by atoms with E-state index in [0.29, 0.717) is 17.0 Å². The predicted octanol–water partition coefficient (Wildman–Crippen LogP) is 3.03. The quantitative estimate of drug-likeness (QED) is 0.798. The molecule has 1 amide bonds. The van der Waals surface area contributed by atoms with Crippen LogP contribution in [-0.4, -0.2) is 9.86 Å². The van der Waals surface area contributed by atoms with Gasteiger partial charge in [0.1, 0.15) is 6.54 Å². The number of amides is 1. The molecule has 0 atom stereocenters. The third-order valence-corrected chi connectivity index (χ3v) is 4.56. The number of nitrogens with zero attached hydrogens (tertiary/aromatic N) is 1. The fourth-order valence-corrected chi connectivity index (χ4v) is 3.23. The van der Waals surface area contributed by atoms with Crippen molar-refractivity contribution in [3.8, 4) is 0 Å². The van der Waals surface area contributed by atoms with Crippen molar-refractivity contribution in [1.82, 2.24) is 9.27 Å². The Hall–Kier alpha value is -2.11. The minimum Gasteiger partial charge on any atom is -0.350 e. The summed E-state index contributed by atoms with van der Waals surface area (Å²) in [5.74, 6) is -0.191. The van der Waals surface area contributed by atoms with Gasteiger partial charge in [0.2, 0.25) is 5.91 Å². The number of benzene rings is 2. The third-order valence-electron chi connectivity index (χ3n) is 3.24. The first-order valence-corrected chi connectivity index (χ1v) is 7.88. The minimum absolute atomic E-state index is 0.0335. The van der Waals surface area contributed by atoms with E-state index < -0.39 is 0 Å². The Labute approximate surface area is 136 Å². The van der Waals surface area contributed by atoms with Gasteiger partial charge in [-0.1, -0.05) is 47.4 Å². The topological polar surface area (TPSA) is 51.1 Å². The van der Waals surface area contributed by atoms with E-state index in [-0.39, 0.29) is 18.0 Å². The average Bonchev–Trinajstić information content (AvgIpc) is 2.83. The van der Waals surface area contributed by atoms with Crippen LogP contribution in [0.3, 0.4) is 0 Å². The lowest BCUT2D eigenvalue weighted by molar-refractivity contribution is -0.121. The van der Waals surface area contributed by atoms with Crippen LogP contribution < -0.4 is 10.9 Å². The van der Waals surface area contributed by atoms with Crippen LogP contribution in [0, 0.1) is 0 Å². The van der Waals surface area contributed by atoms with Crippen LogP contribution >= 0.6 is 23.1 Å². The number of rotatable bonds is 4. The van der Waals surface area contributed by atoms with Gasteiger partial charge < -0.3 is 5.32 Å². The molecule has 0 spiro atoms. The largest absolute Gasteiger partial charge is 0.350 e. The molecule has 0 radical (unpaired) electrons. The number of halogens is 1. The van der Waals surface area contributed by atoms with Gasteiger partial charge in [0.25, 0.3) is 5.56 Å². The SMILES string of the molecule is O=C(Cn1sc2ccccc2c1=O)NCc1ccc(Cl)cc1. The molecule has 0 bridgehead atoms. The van der Waals surface area contributed by atoms with Crippen molar-refractivity contribution < 1.29 is 4.79 Å². The van der Waals surface area contributed by atoms with E-state index in [0.717, 1.165) is 10.3 Å². The molecular formula is C16H13ClN2O2S. The zero-order valence-electron chi connectivity index (χ0n) is 11.6. The number of hydrogen-bond donors (Lipinski definition) is 1. The molecule has 1 aromatic heterocycles. The Bertz CT molecular complexity index is 868. The Morgan fingerprint density at radius 3 is 2.59 bits per heavy atom. The molecule has 6 heteroatoms. The molecule has 0 aliphatic rings. The molecule has 2 aromatic carbocycles. The number of hydrogen-bond acceptors (Lipinski definition) is 3. The maximum Gasteiger partial charge on any atom is 0.268 e. The summed E-state index contributed by atoms with van der Waals surface area (Å²) in [7, 11) is 0. The van der Waals surface area contributed by atoms with Gasteiger partial charge in [-0.3, -0.25) is 13.5 Å². The van der Waals surface area contributed by atoms with Gasteiger partial charge in [-0.15, -0.1) is 0 Å². The molecule has 0 aliphatic carbocycles. The molecule has 0 saturated heterocycles. The predicted molar refractivity (Wildman–Crippen MR) is 89.4 cm³/mol. The van der Waals surface area contributed by atoms with Crippen LogP contribution in [-0.2, 0) is 17.9 Å². The molecule has 112 valence electrons. The highest BCUT2D eigenvalue weighted by Crippen LogP contribution is 2.15. The second-order valence-corrected chi connectivity index (χ2v) is 6.33. The number of carbonyl (C=O) groups is 1. The molecule has 1 N–H and O–H groups in total. The number of aromatic nitrogens is 1. The first-order valence-electron chi connectivity index (χ1n) is 6.73. The zero-order chi connectivity index (χ0) is 15.5.